The van der Waals surface area contributed by atoms with Crippen LogP contribution in [0.2, 0.25) is 0 Å². The largest absolute Gasteiger partial charge is 0.475 e. The maximum atomic E-state index is 10.6. The minimum absolute atomic E-state index is 0.0962. The number of aryl methyl sites for hydroxylation is 1. The molecule has 0 saturated heterocycles. The van der Waals surface area contributed by atoms with Crippen molar-refractivity contribution >= 4 is 11.9 Å². The van der Waals surface area contributed by atoms with Gasteiger partial charge in [-0.2, -0.15) is 4.98 Å². The molecule has 0 spiro atoms. The van der Waals surface area contributed by atoms with Crippen LogP contribution in [0.4, 0.5) is 5.88 Å². The van der Waals surface area contributed by atoms with Crippen LogP contribution in [0.3, 0.4) is 0 Å². The van der Waals surface area contributed by atoms with E-state index < -0.39 is 5.97 Å². The molecule has 0 fully saturated rings. The Kier molecular flexibility index (Phi) is 3.08. The molecular weight excluding hydrogens is 226 g/mol. The first-order valence-corrected chi connectivity index (χ1v) is 5.01. The van der Waals surface area contributed by atoms with Crippen LogP contribution in [0, 0.1) is 6.92 Å². The Hall–Kier alpha value is -2.31. The highest BCUT2D eigenvalue weighted by Crippen LogP contribution is 2.13. The molecule has 17 heavy (non-hydrogen) atoms. The van der Waals surface area contributed by atoms with Crippen molar-refractivity contribution in [3.05, 3.63) is 29.6 Å². The molecule has 2 rings (SSSR count). The molecule has 7 heteroatoms. The van der Waals surface area contributed by atoms with E-state index in [0.717, 1.165) is 0 Å². The van der Waals surface area contributed by atoms with E-state index in [1.165, 1.54) is 6.07 Å². The molecule has 0 aliphatic rings. The van der Waals surface area contributed by atoms with Gasteiger partial charge in [-0.25, -0.2) is 4.79 Å². The second-order valence-corrected chi connectivity index (χ2v) is 3.38. The van der Waals surface area contributed by atoms with E-state index in [2.05, 4.69) is 15.5 Å². The zero-order valence-electron chi connectivity index (χ0n) is 9.14. The van der Waals surface area contributed by atoms with Crippen LogP contribution in [-0.4, -0.2) is 27.8 Å². The van der Waals surface area contributed by atoms with Crippen LogP contribution in [-0.2, 0) is 6.42 Å². The number of aromatic carboxylic acids is 1. The fourth-order valence-electron chi connectivity index (χ4n) is 1.28. The number of anilines is 1. The smallest absolute Gasteiger partial charge is 0.371 e. The Balaban J connectivity index is 1.83. The summed E-state index contributed by atoms with van der Waals surface area (Å²) in [6.45, 7) is 2.26. The number of carbonyl (C=O) groups is 1. The highest BCUT2D eigenvalue weighted by molar-refractivity contribution is 5.84. The van der Waals surface area contributed by atoms with Crippen molar-refractivity contribution < 1.29 is 18.8 Å². The molecule has 0 bridgehead atoms. The van der Waals surface area contributed by atoms with Gasteiger partial charge < -0.3 is 19.4 Å². The number of furan rings is 1. The third kappa shape index (κ3) is 2.83. The van der Waals surface area contributed by atoms with Crippen molar-refractivity contribution in [1.29, 1.82) is 0 Å². The summed E-state index contributed by atoms with van der Waals surface area (Å²) in [5.74, 6) is 0.330. The number of hydrogen-bond acceptors (Lipinski definition) is 6. The summed E-state index contributed by atoms with van der Waals surface area (Å²) >= 11 is 0. The molecule has 0 aliphatic heterocycles. The lowest BCUT2D eigenvalue weighted by Crippen LogP contribution is -2.04. The first kappa shape index (κ1) is 11.2. The van der Waals surface area contributed by atoms with Crippen LogP contribution in [0.1, 0.15) is 22.3 Å². The monoisotopic (exact) mass is 237 g/mol. The fourth-order valence-corrected chi connectivity index (χ4v) is 1.28. The van der Waals surface area contributed by atoms with Crippen molar-refractivity contribution in [2.75, 3.05) is 11.9 Å². The zero-order valence-corrected chi connectivity index (χ0v) is 9.14. The standard InChI is InChI=1S/C10H11N3O4/c1-6-12-9(17-13-6)4-5-11-8-3-2-7(16-8)10(14)15/h2-3,11H,4-5H2,1H3,(H,14,15). The third-order valence-corrected chi connectivity index (χ3v) is 2.02. The van der Waals surface area contributed by atoms with E-state index in [0.29, 0.717) is 30.6 Å². The Morgan fingerprint density at radius 2 is 2.35 bits per heavy atom. The summed E-state index contributed by atoms with van der Waals surface area (Å²) in [4.78, 5) is 14.6. The maximum absolute atomic E-state index is 10.6. The van der Waals surface area contributed by atoms with Crippen LogP contribution >= 0.6 is 0 Å². The van der Waals surface area contributed by atoms with Gasteiger partial charge in [0.2, 0.25) is 11.7 Å². The minimum atomic E-state index is -1.09. The summed E-state index contributed by atoms with van der Waals surface area (Å²) in [7, 11) is 0. The SMILES string of the molecule is Cc1noc(CCNc2ccc(C(=O)O)o2)n1. The summed E-state index contributed by atoms with van der Waals surface area (Å²) in [6.07, 6.45) is 0.546. The molecule has 0 saturated carbocycles. The van der Waals surface area contributed by atoms with Crippen LogP contribution < -0.4 is 5.32 Å². The Labute approximate surface area is 96.4 Å². The van der Waals surface area contributed by atoms with E-state index in [1.54, 1.807) is 13.0 Å². The van der Waals surface area contributed by atoms with E-state index in [4.69, 9.17) is 14.0 Å². The van der Waals surface area contributed by atoms with Crippen molar-refractivity contribution in [2.45, 2.75) is 13.3 Å². The van der Waals surface area contributed by atoms with Crippen LogP contribution in [0.15, 0.2) is 21.1 Å². The quantitative estimate of drug-likeness (QED) is 0.808. The van der Waals surface area contributed by atoms with Gasteiger partial charge in [-0.15, -0.1) is 0 Å². The van der Waals surface area contributed by atoms with Gasteiger partial charge in [-0.05, 0) is 13.0 Å². The van der Waals surface area contributed by atoms with Crippen molar-refractivity contribution in [2.24, 2.45) is 0 Å². The van der Waals surface area contributed by atoms with Gasteiger partial charge in [-0.3, -0.25) is 0 Å². The van der Waals surface area contributed by atoms with E-state index in [1.807, 2.05) is 0 Å². The predicted octanol–water partition coefficient (Wildman–Crippen LogP) is 1.32. The highest BCUT2D eigenvalue weighted by atomic mass is 16.5. The van der Waals surface area contributed by atoms with E-state index in [9.17, 15) is 4.79 Å². The molecule has 0 radical (unpaired) electrons. The number of nitrogens with one attached hydrogen (secondary N) is 1. The first-order valence-electron chi connectivity index (χ1n) is 5.01. The van der Waals surface area contributed by atoms with Crippen molar-refractivity contribution in [1.82, 2.24) is 10.1 Å². The van der Waals surface area contributed by atoms with Gasteiger partial charge in [0.05, 0.1) is 0 Å². The number of carboxylic acids is 1. The molecule has 0 unspecified atom stereocenters. The zero-order chi connectivity index (χ0) is 12.3. The van der Waals surface area contributed by atoms with Gasteiger partial charge in [-0.1, -0.05) is 5.16 Å². The average Bonchev–Trinajstić information content (AvgIpc) is 2.88. The number of aromatic nitrogens is 2. The summed E-state index contributed by atoms with van der Waals surface area (Å²) in [5, 5.41) is 15.2. The number of hydrogen-bond donors (Lipinski definition) is 2. The summed E-state index contributed by atoms with van der Waals surface area (Å²) < 4.78 is 9.93. The topological polar surface area (TPSA) is 101 Å². The lowest BCUT2D eigenvalue weighted by Gasteiger charge is -1.98. The average molecular weight is 237 g/mol. The molecule has 2 aromatic rings. The Morgan fingerprint density at radius 3 is 2.94 bits per heavy atom. The second-order valence-electron chi connectivity index (χ2n) is 3.38. The lowest BCUT2D eigenvalue weighted by molar-refractivity contribution is 0.0663. The molecule has 0 aliphatic carbocycles. The van der Waals surface area contributed by atoms with Gasteiger partial charge in [0, 0.05) is 19.0 Å². The Morgan fingerprint density at radius 1 is 1.53 bits per heavy atom. The van der Waals surface area contributed by atoms with Gasteiger partial charge in [0.25, 0.3) is 0 Å². The number of rotatable bonds is 5. The highest BCUT2D eigenvalue weighted by Gasteiger charge is 2.08. The lowest BCUT2D eigenvalue weighted by atomic mass is 10.4. The normalized spacial score (nSPS) is 10.4. The molecule has 0 aromatic carbocycles. The van der Waals surface area contributed by atoms with Crippen LogP contribution in [0.25, 0.3) is 0 Å². The number of nitrogens with zero attached hydrogens (tertiary/aromatic N) is 2. The molecule has 2 N–H and O–H groups in total. The maximum Gasteiger partial charge on any atom is 0.371 e. The third-order valence-electron chi connectivity index (χ3n) is 2.02. The van der Waals surface area contributed by atoms with Crippen LogP contribution in [0.5, 0.6) is 0 Å². The van der Waals surface area contributed by atoms with Crippen molar-refractivity contribution in [3.63, 3.8) is 0 Å². The fraction of sp³-hybridized carbons (Fsp3) is 0.300. The summed E-state index contributed by atoms with van der Waals surface area (Å²) in [5.41, 5.74) is 0. The molecule has 90 valence electrons. The van der Waals surface area contributed by atoms with Gasteiger partial charge >= 0.3 is 5.97 Å². The first-order chi connectivity index (χ1) is 8.15. The predicted molar refractivity (Wildman–Crippen MR) is 56.9 cm³/mol. The molecule has 7 nitrogen and oxygen atoms in total. The molecular formula is C10H11N3O4. The van der Waals surface area contributed by atoms with E-state index >= 15 is 0 Å². The number of carboxylic acid groups (broad SMARTS) is 1. The molecule has 2 aromatic heterocycles. The Bertz CT molecular complexity index is 517. The molecule has 2 heterocycles. The summed E-state index contributed by atoms with van der Waals surface area (Å²) in [6, 6.07) is 2.95. The second kappa shape index (κ2) is 4.69. The van der Waals surface area contributed by atoms with Crippen molar-refractivity contribution in [3.8, 4) is 0 Å². The molecule has 0 amide bonds. The molecule has 0 atom stereocenters. The van der Waals surface area contributed by atoms with Gasteiger partial charge in [0.1, 0.15) is 0 Å². The van der Waals surface area contributed by atoms with E-state index in [-0.39, 0.29) is 5.76 Å². The van der Waals surface area contributed by atoms with Gasteiger partial charge in [0.15, 0.2) is 11.7 Å². The minimum Gasteiger partial charge on any atom is -0.475 e.